The Kier molecular flexibility index (Phi) is 41900. The fraction of sp³-hybridized carbons (Fsp3) is 0. The van der Waals surface area contributed by atoms with Crippen molar-refractivity contribution in [2.24, 2.45) is 0 Å². The van der Waals surface area contributed by atoms with Crippen molar-refractivity contribution in [1.29, 1.82) is 0 Å². The van der Waals surface area contributed by atoms with Gasteiger partial charge in [0.1, 0.15) is 0 Å². The summed E-state index contributed by atoms with van der Waals surface area (Å²) in [5.74, 6) is 0. The first-order valence-corrected chi connectivity index (χ1v) is 0. The molecule has 0 rings (SSSR count). The van der Waals surface area contributed by atoms with Crippen LogP contribution in [0.2, 0.25) is 0 Å². The van der Waals surface area contributed by atoms with Crippen LogP contribution in [0.5, 0.6) is 0 Å². The van der Waals surface area contributed by atoms with Crippen LogP contribution in [-0.4, -0.2) is 0 Å². The summed E-state index contributed by atoms with van der Waals surface area (Å²) in [7, 11) is 0. The Morgan fingerprint density at radius 1 is 0.429 bits per heavy atom. The maximum Gasteiger partial charge on any atom is 3.00 e. The molecule has 0 aliphatic heterocycles. The molecule has 7 heavy (non-hydrogen) atoms. The minimum atomic E-state index is 0. The van der Waals surface area contributed by atoms with Crippen LogP contribution in [0.4, 0.5) is 0 Å². The van der Waals surface area contributed by atoms with E-state index in [0.29, 0.717) is 0 Å². The quantitative estimate of drug-likeness (QED) is 0.351. The van der Waals surface area contributed by atoms with Gasteiger partial charge in [0.05, 0.1) is 0 Å². The Bertz CT molecular complexity index is 8.04. The van der Waals surface area contributed by atoms with Crippen LogP contribution < -0.4 is 23.5 Å². The van der Waals surface area contributed by atoms with Gasteiger partial charge in [0.15, 0.2) is 0 Å². The number of hydrogen-bond acceptors (Lipinski definition) is 0. The zero-order chi connectivity index (χ0) is 0. The Morgan fingerprint density at radius 3 is 0.429 bits per heavy atom. The van der Waals surface area contributed by atoms with Crippen molar-refractivity contribution in [3.8, 4) is 0 Å². The van der Waals surface area contributed by atoms with Gasteiger partial charge in [0.25, 0.3) is 0 Å². The standard InChI is InChI=1S/5FH.H4O.Y/h5*1H;1H4;/q;;;;;+2;+3/p-5. The Balaban J connectivity index is 0. The number of hydrogen-bond donors (Lipinski definition) is 0. The van der Waals surface area contributed by atoms with Gasteiger partial charge in [-0.2, -0.15) is 0 Å². The van der Waals surface area contributed by atoms with Crippen molar-refractivity contribution in [2.75, 3.05) is 0 Å². The van der Waals surface area contributed by atoms with Crippen LogP contribution in [0.3, 0.4) is 0 Å². The predicted octanol–water partition coefficient (Wildman–Crippen LogP) is -16.2. The SMILES string of the molecule is [F-].[F-].[F-].[F-].[F-].[OH4+2].[Y+3]. The molecule has 7 heteroatoms. The van der Waals surface area contributed by atoms with Crippen molar-refractivity contribution in [2.45, 2.75) is 0 Å². The second kappa shape index (κ2) is 430. The summed E-state index contributed by atoms with van der Waals surface area (Å²) in [6.45, 7) is 0. The molecule has 0 saturated carbocycles. The van der Waals surface area contributed by atoms with E-state index in [1.807, 2.05) is 0 Å². The van der Waals surface area contributed by atoms with Gasteiger partial charge < -0.3 is 29.0 Å². The van der Waals surface area contributed by atoms with Crippen molar-refractivity contribution in [3.05, 3.63) is 0 Å². The van der Waals surface area contributed by atoms with E-state index in [0.717, 1.165) is 0 Å². The van der Waals surface area contributed by atoms with Crippen LogP contribution in [0.25, 0.3) is 0 Å². The normalized spacial score (nSPS) is 0. The fourth-order valence-electron chi connectivity index (χ4n) is 0. The maximum atomic E-state index is 0. The molecule has 4 N–H and O–H groups in total. The van der Waals surface area contributed by atoms with Crippen LogP contribution in [0, 0.1) is 0 Å². The molecule has 0 bridgehead atoms. The van der Waals surface area contributed by atoms with Gasteiger partial charge in [0.2, 0.25) is 0 Å². The molecule has 0 aliphatic rings. The van der Waals surface area contributed by atoms with Gasteiger partial charge in [0, 0.05) is 0 Å². The minimum Gasteiger partial charge on any atom is -1.00 e. The molecule has 0 unspecified atom stereocenters. The molecule has 0 fully saturated rings. The van der Waals surface area contributed by atoms with Crippen LogP contribution in [0.15, 0.2) is 0 Å². The van der Waals surface area contributed by atoms with Gasteiger partial charge in [-0.05, 0) is 0 Å². The summed E-state index contributed by atoms with van der Waals surface area (Å²) in [6, 6.07) is 0. The van der Waals surface area contributed by atoms with Crippen molar-refractivity contribution >= 4 is 0 Å². The molecule has 0 heterocycles. The number of rotatable bonds is 0. The maximum absolute atomic E-state index is 0. The molecule has 0 aromatic heterocycles. The fourth-order valence-corrected chi connectivity index (χ4v) is 0. The predicted molar refractivity (Wildman–Crippen MR) is 6.27 cm³/mol. The van der Waals surface area contributed by atoms with E-state index >= 15 is 0 Å². The molecule has 0 aliphatic carbocycles. The zero-order valence-corrected chi connectivity index (χ0v) is 6.01. The molecule has 1 nitrogen and oxygen atoms in total. The van der Waals surface area contributed by atoms with Gasteiger partial charge in [-0.1, -0.05) is 0 Å². The van der Waals surface area contributed by atoms with E-state index in [1.54, 1.807) is 0 Å². The van der Waals surface area contributed by atoms with Crippen LogP contribution in [0.1, 0.15) is 0 Å². The molecule has 0 amide bonds. The first-order valence-electron chi connectivity index (χ1n) is 0. The summed E-state index contributed by atoms with van der Waals surface area (Å²) < 4.78 is 0. The second-order valence-electron chi connectivity index (χ2n) is 0. The van der Waals surface area contributed by atoms with Crippen LogP contribution in [-0.2, 0) is 38.2 Å². The largest absolute Gasteiger partial charge is 3.00 e. The molecule has 48 valence electrons. The molecule has 0 spiro atoms. The summed E-state index contributed by atoms with van der Waals surface area (Å²) in [5.41, 5.74) is 0. The van der Waals surface area contributed by atoms with E-state index in [1.165, 1.54) is 0 Å². The third kappa shape index (κ3) is 293. The molecular formula is H4F5OY. The molecule has 0 radical (unpaired) electrons. The third-order valence-corrected chi connectivity index (χ3v) is 0. The average Bonchev–Trinajstić information content (AvgIpc) is 0. The van der Waals surface area contributed by atoms with Crippen molar-refractivity contribution < 1.29 is 61.7 Å². The molecular weight excluding hydrogens is 200 g/mol. The summed E-state index contributed by atoms with van der Waals surface area (Å²) in [4.78, 5) is 0. The number of halogens is 5. The second-order valence-corrected chi connectivity index (χ2v) is 0. The molecule has 0 aromatic carbocycles. The Hall–Kier alpha value is 0.714. The molecule has 0 aromatic rings. The van der Waals surface area contributed by atoms with E-state index in [-0.39, 0.29) is 61.7 Å². The first kappa shape index (κ1) is 682. The Morgan fingerprint density at radius 2 is 0.429 bits per heavy atom. The van der Waals surface area contributed by atoms with Gasteiger partial charge in [-0.15, -0.1) is 0 Å². The monoisotopic (exact) mass is 204 g/mol. The van der Waals surface area contributed by atoms with Crippen molar-refractivity contribution in [1.82, 2.24) is 0 Å². The summed E-state index contributed by atoms with van der Waals surface area (Å²) in [5, 5.41) is 0. The van der Waals surface area contributed by atoms with E-state index in [9.17, 15) is 0 Å². The smallest absolute Gasteiger partial charge is 1.00 e. The topological polar surface area (TPSA) is 34.5 Å². The van der Waals surface area contributed by atoms with Crippen LogP contribution >= 0.6 is 0 Å². The van der Waals surface area contributed by atoms with Gasteiger partial charge in [-0.3, -0.25) is 0 Å². The summed E-state index contributed by atoms with van der Waals surface area (Å²) >= 11 is 0. The Labute approximate surface area is 61.9 Å². The first-order chi connectivity index (χ1) is 0. The molecule has 0 atom stereocenters. The summed E-state index contributed by atoms with van der Waals surface area (Å²) in [6.07, 6.45) is 0. The van der Waals surface area contributed by atoms with E-state index in [2.05, 4.69) is 0 Å². The van der Waals surface area contributed by atoms with Gasteiger partial charge in [-0.25, -0.2) is 0 Å². The average molecular weight is 204 g/mol. The van der Waals surface area contributed by atoms with E-state index < -0.39 is 0 Å². The van der Waals surface area contributed by atoms with Crippen molar-refractivity contribution in [3.63, 3.8) is 0 Å². The zero-order valence-electron chi connectivity index (χ0n) is 3.17. The molecule has 0 saturated heterocycles. The van der Waals surface area contributed by atoms with Gasteiger partial charge >= 0.3 is 32.7 Å². The minimum absolute atomic E-state index is 0. The van der Waals surface area contributed by atoms with E-state index in [4.69, 9.17) is 0 Å². The third-order valence-electron chi connectivity index (χ3n) is 0.